The van der Waals surface area contributed by atoms with Crippen molar-refractivity contribution in [1.82, 2.24) is 4.90 Å². The van der Waals surface area contributed by atoms with Crippen LogP contribution in [0.4, 0.5) is 0 Å². The average Bonchev–Trinajstić information content (AvgIpc) is 2.73. The molecule has 0 aromatic carbocycles. The van der Waals surface area contributed by atoms with Gasteiger partial charge in [-0.3, -0.25) is 10.3 Å². The fraction of sp³-hybridized carbons (Fsp3) is 0.917. The van der Waals surface area contributed by atoms with Gasteiger partial charge in [0, 0.05) is 18.5 Å². The molecule has 0 atom stereocenters. The molecular weight excluding hydrogens is 186 g/mol. The maximum Gasteiger partial charge on any atom is 0.0911 e. The predicted molar refractivity (Wildman–Crippen MR) is 63.1 cm³/mol. The number of likely N-dealkylation sites (tertiary alicyclic amines) is 1. The summed E-state index contributed by atoms with van der Waals surface area (Å²) in [4.78, 5) is 2.60. The van der Waals surface area contributed by atoms with E-state index in [9.17, 15) is 0 Å². The number of amidine groups is 1. The van der Waals surface area contributed by atoms with E-state index in [1.54, 1.807) is 0 Å². The van der Waals surface area contributed by atoms with Gasteiger partial charge in [-0.1, -0.05) is 0 Å². The minimum absolute atomic E-state index is 0.365. The monoisotopic (exact) mass is 209 g/mol. The first-order chi connectivity index (χ1) is 6.94. The predicted octanol–water partition coefficient (Wildman–Crippen LogP) is 1.97. The molecule has 1 saturated carbocycles. The van der Waals surface area contributed by atoms with Gasteiger partial charge in [0.1, 0.15) is 0 Å². The summed E-state index contributed by atoms with van der Waals surface area (Å²) in [5, 5.41) is 7.42. The number of nitrogens with two attached hydrogens (primary N) is 1. The molecule has 3 N–H and O–H groups in total. The van der Waals surface area contributed by atoms with E-state index in [2.05, 4.69) is 18.7 Å². The Morgan fingerprint density at radius 2 is 2.00 bits per heavy atom. The van der Waals surface area contributed by atoms with Crippen LogP contribution in [0.25, 0.3) is 0 Å². The van der Waals surface area contributed by atoms with Gasteiger partial charge in [-0.05, 0) is 51.5 Å². The SMILES string of the molecule is CC1(C)CCCN1CC1(CC(=N)N)CC1. The number of hydrogen-bond acceptors (Lipinski definition) is 2. The highest BCUT2D eigenvalue weighted by molar-refractivity contribution is 5.78. The number of nitrogens with zero attached hydrogens (tertiary/aromatic N) is 1. The van der Waals surface area contributed by atoms with Crippen LogP contribution < -0.4 is 5.73 Å². The van der Waals surface area contributed by atoms with E-state index >= 15 is 0 Å². The van der Waals surface area contributed by atoms with E-state index in [4.69, 9.17) is 11.1 Å². The fourth-order valence-electron chi connectivity index (χ4n) is 2.83. The minimum atomic E-state index is 0.365. The molecule has 3 nitrogen and oxygen atoms in total. The van der Waals surface area contributed by atoms with Gasteiger partial charge >= 0.3 is 0 Å². The molecule has 1 saturated heterocycles. The topological polar surface area (TPSA) is 53.1 Å². The van der Waals surface area contributed by atoms with Crippen LogP contribution in [0.15, 0.2) is 0 Å². The summed E-state index contributed by atoms with van der Waals surface area (Å²) in [6.45, 7) is 7.06. The molecule has 2 fully saturated rings. The number of nitrogens with one attached hydrogen (secondary N) is 1. The van der Waals surface area contributed by atoms with Gasteiger partial charge in [-0.25, -0.2) is 0 Å². The Balaban J connectivity index is 1.94. The minimum Gasteiger partial charge on any atom is -0.388 e. The summed E-state index contributed by atoms with van der Waals surface area (Å²) in [6.07, 6.45) is 5.96. The van der Waals surface area contributed by atoms with Crippen LogP contribution in [-0.4, -0.2) is 29.4 Å². The molecule has 0 amide bonds. The molecule has 0 aromatic rings. The lowest BCUT2D eigenvalue weighted by Crippen LogP contribution is -2.42. The molecule has 15 heavy (non-hydrogen) atoms. The van der Waals surface area contributed by atoms with Crippen molar-refractivity contribution in [2.24, 2.45) is 11.1 Å². The first-order valence-corrected chi connectivity index (χ1v) is 6.02. The van der Waals surface area contributed by atoms with Gasteiger partial charge < -0.3 is 5.73 Å². The van der Waals surface area contributed by atoms with E-state index in [0.717, 1.165) is 13.0 Å². The van der Waals surface area contributed by atoms with Crippen molar-refractivity contribution < 1.29 is 0 Å². The van der Waals surface area contributed by atoms with E-state index in [1.165, 1.54) is 32.2 Å². The Labute approximate surface area is 92.5 Å². The zero-order valence-electron chi connectivity index (χ0n) is 9.97. The summed E-state index contributed by atoms with van der Waals surface area (Å²) in [5.74, 6) is 0.365. The van der Waals surface area contributed by atoms with E-state index in [-0.39, 0.29) is 0 Å². The van der Waals surface area contributed by atoms with Crippen molar-refractivity contribution in [3.63, 3.8) is 0 Å². The van der Waals surface area contributed by atoms with Crippen molar-refractivity contribution in [3.05, 3.63) is 0 Å². The lowest BCUT2D eigenvalue weighted by Gasteiger charge is -2.34. The Bertz CT molecular complexity index is 266. The van der Waals surface area contributed by atoms with Gasteiger partial charge in [0.15, 0.2) is 0 Å². The van der Waals surface area contributed by atoms with Crippen LogP contribution in [0.2, 0.25) is 0 Å². The van der Waals surface area contributed by atoms with Crippen molar-refractivity contribution in [1.29, 1.82) is 5.41 Å². The van der Waals surface area contributed by atoms with Crippen molar-refractivity contribution in [2.75, 3.05) is 13.1 Å². The molecule has 0 unspecified atom stereocenters. The van der Waals surface area contributed by atoms with Crippen LogP contribution in [0, 0.1) is 10.8 Å². The maximum absolute atomic E-state index is 7.42. The molecule has 1 aliphatic heterocycles. The number of hydrogen-bond donors (Lipinski definition) is 2. The highest BCUT2D eigenvalue weighted by Crippen LogP contribution is 2.50. The summed E-state index contributed by atoms with van der Waals surface area (Å²) in [5.41, 5.74) is 6.26. The van der Waals surface area contributed by atoms with Gasteiger partial charge in [0.05, 0.1) is 5.84 Å². The highest BCUT2D eigenvalue weighted by Gasteiger charge is 2.47. The smallest absolute Gasteiger partial charge is 0.0911 e. The molecule has 0 radical (unpaired) electrons. The molecule has 1 aliphatic carbocycles. The summed E-state index contributed by atoms with van der Waals surface area (Å²) in [7, 11) is 0. The van der Waals surface area contributed by atoms with E-state index in [1.807, 2.05) is 0 Å². The van der Waals surface area contributed by atoms with Gasteiger partial charge in [0.2, 0.25) is 0 Å². The molecule has 0 bridgehead atoms. The lowest BCUT2D eigenvalue weighted by atomic mass is 9.97. The third-order valence-corrected chi connectivity index (χ3v) is 4.12. The van der Waals surface area contributed by atoms with Gasteiger partial charge in [-0.2, -0.15) is 0 Å². The molecule has 0 aromatic heterocycles. The Morgan fingerprint density at radius 3 is 2.40 bits per heavy atom. The first kappa shape index (κ1) is 10.9. The third kappa shape index (κ3) is 2.33. The lowest BCUT2D eigenvalue weighted by molar-refractivity contribution is 0.141. The molecule has 2 rings (SSSR count). The zero-order valence-corrected chi connectivity index (χ0v) is 9.97. The summed E-state index contributed by atoms with van der Waals surface area (Å²) in [6, 6.07) is 0. The fourth-order valence-corrected chi connectivity index (χ4v) is 2.83. The van der Waals surface area contributed by atoms with Crippen molar-refractivity contribution >= 4 is 5.84 Å². The quantitative estimate of drug-likeness (QED) is 0.549. The standard InChI is InChI=1S/C12H23N3/c1-11(2)4-3-7-15(11)9-12(5-6-12)8-10(13)14/h3-9H2,1-2H3,(H3,13,14). The zero-order chi connectivity index (χ0) is 11.1. The van der Waals surface area contributed by atoms with Crippen LogP contribution in [0.1, 0.15) is 46.0 Å². The highest BCUT2D eigenvalue weighted by atomic mass is 15.2. The molecule has 0 spiro atoms. The van der Waals surface area contributed by atoms with Crippen LogP contribution in [0.5, 0.6) is 0 Å². The molecule has 3 heteroatoms. The van der Waals surface area contributed by atoms with Gasteiger partial charge in [-0.15, -0.1) is 0 Å². The second kappa shape index (κ2) is 3.48. The Morgan fingerprint density at radius 1 is 1.33 bits per heavy atom. The maximum atomic E-state index is 7.42. The normalized spacial score (nSPS) is 27.9. The molecule has 2 aliphatic rings. The Hall–Kier alpha value is -0.570. The van der Waals surface area contributed by atoms with Crippen molar-refractivity contribution in [3.8, 4) is 0 Å². The second-order valence-corrected chi connectivity index (χ2v) is 6.04. The largest absolute Gasteiger partial charge is 0.388 e. The molecule has 86 valence electrons. The van der Waals surface area contributed by atoms with E-state index in [0.29, 0.717) is 16.8 Å². The van der Waals surface area contributed by atoms with Gasteiger partial charge in [0.25, 0.3) is 0 Å². The first-order valence-electron chi connectivity index (χ1n) is 6.02. The van der Waals surface area contributed by atoms with Crippen LogP contribution >= 0.6 is 0 Å². The third-order valence-electron chi connectivity index (χ3n) is 4.12. The average molecular weight is 209 g/mol. The Kier molecular flexibility index (Phi) is 2.53. The van der Waals surface area contributed by atoms with E-state index < -0.39 is 0 Å². The summed E-state index contributed by atoms with van der Waals surface area (Å²) >= 11 is 0. The second-order valence-electron chi connectivity index (χ2n) is 6.04. The molecular formula is C12H23N3. The number of rotatable bonds is 4. The van der Waals surface area contributed by atoms with Crippen LogP contribution in [-0.2, 0) is 0 Å². The summed E-state index contributed by atoms with van der Waals surface area (Å²) < 4.78 is 0. The molecule has 1 heterocycles. The van der Waals surface area contributed by atoms with Crippen LogP contribution in [0.3, 0.4) is 0 Å². The van der Waals surface area contributed by atoms with Crippen molar-refractivity contribution in [2.45, 2.75) is 51.5 Å².